The second-order valence-corrected chi connectivity index (χ2v) is 6.19. The number of likely N-dealkylation sites (tertiary alicyclic amines) is 1. The van der Waals surface area contributed by atoms with E-state index in [0.717, 1.165) is 29.5 Å². The number of hydrogen-bond donors (Lipinski definition) is 1. The van der Waals surface area contributed by atoms with Crippen molar-refractivity contribution in [2.75, 3.05) is 13.1 Å². The summed E-state index contributed by atoms with van der Waals surface area (Å²) in [7, 11) is 0. The number of halogens is 1. The molecule has 0 saturated carbocycles. The third-order valence-electron chi connectivity index (χ3n) is 3.63. The maximum atomic E-state index is 12.4. The number of carbonyl (C=O) groups is 1. The first kappa shape index (κ1) is 14.3. The van der Waals surface area contributed by atoms with E-state index in [0.29, 0.717) is 12.2 Å². The highest BCUT2D eigenvalue weighted by Gasteiger charge is 2.23. The predicted octanol–water partition coefficient (Wildman–Crippen LogP) is 2.20. The fraction of sp³-hybridized carbons (Fsp3) is 0.333. The molecule has 0 radical (unpaired) electrons. The maximum Gasteiger partial charge on any atom is 0.274 e. The molecule has 1 amide bonds. The van der Waals surface area contributed by atoms with Gasteiger partial charge in [0, 0.05) is 29.8 Å². The van der Waals surface area contributed by atoms with E-state index >= 15 is 0 Å². The van der Waals surface area contributed by atoms with Crippen molar-refractivity contribution in [2.45, 2.75) is 18.9 Å². The summed E-state index contributed by atoms with van der Waals surface area (Å²) in [6.45, 7) is 1.37. The van der Waals surface area contributed by atoms with Gasteiger partial charge in [-0.3, -0.25) is 4.79 Å². The van der Waals surface area contributed by atoms with Gasteiger partial charge in [0.2, 0.25) is 0 Å². The van der Waals surface area contributed by atoms with E-state index in [9.17, 15) is 4.79 Å². The van der Waals surface area contributed by atoms with Crippen LogP contribution in [0.2, 0.25) is 0 Å². The van der Waals surface area contributed by atoms with Crippen LogP contribution < -0.4 is 5.73 Å². The van der Waals surface area contributed by atoms with Gasteiger partial charge in [0.1, 0.15) is 0 Å². The Kier molecular flexibility index (Phi) is 4.07. The lowest BCUT2D eigenvalue weighted by Crippen LogP contribution is -2.45. The number of piperidine rings is 1. The summed E-state index contributed by atoms with van der Waals surface area (Å²) in [5, 5.41) is 4.39. The highest BCUT2D eigenvalue weighted by atomic mass is 79.9. The van der Waals surface area contributed by atoms with Crippen LogP contribution in [0.4, 0.5) is 0 Å². The summed E-state index contributed by atoms with van der Waals surface area (Å²) in [4.78, 5) is 14.2. The molecule has 3 rings (SSSR count). The molecule has 5 nitrogen and oxygen atoms in total. The molecule has 1 fully saturated rings. The highest BCUT2D eigenvalue weighted by molar-refractivity contribution is 9.10. The molecule has 0 aliphatic carbocycles. The average Bonchev–Trinajstić information content (AvgIpc) is 2.96. The van der Waals surface area contributed by atoms with Gasteiger partial charge in [0.15, 0.2) is 5.69 Å². The molecule has 0 bridgehead atoms. The average molecular weight is 349 g/mol. The number of amides is 1. The van der Waals surface area contributed by atoms with Gasteiger partial charge in [-0.2, -0.15) is 5.10 Å². The number of rotatable bonds is 2. The minimum atomic E-state index is -0.0427. The van der Waals surface area contributed by atoms with Crippen molar-refractivity contribution in [3.05, 3.63) is 46.7 Å². The van der Waals surface area contributed by atoms with E-state index < -0.39 is 0 Å². The van der Waals surface area contributed by atoms with Crippen LogP contribution in [-0.2, 0) is 0 Å². The summed E-state index contributed by atoms with van der Waals surface area (Å²) in [5.74, 6) is -0.0427. The number of benzene rings is 1. The van der Waals surface area contributed by atoms with Gasteiger partial charge in [-0.25, -0.2) is 4.68 Å². The summed E-state index contributed by atoms with van der Waals surface area (Å²) in [5.41, 5.74) is 7.31. The quantitative estimate of drug-likeness (QED) is 0.904. The molecule has 1 aliphatic rings. The van der Waals surface area contributed by atoms with Crippen LogP contribution in [-0.4, -0.2) is 39.7 Å². The Morgan fingerprint density at radius 1 is 1.38 bits per heavy atom. The minimum Gasteiger partial charge on any atom is -0.336 e. The van der Waals surface area contributed by atoms with Crippen molar-refractivity contribution in [2.24, 2.45) is 5.73 Å². The Hall–Kier alpha value is -1.66. The largest absolute Gasteiger partial charge is 0.336 e. The number of nitrogens with zero attached hydrogens (tertiary/aromatic N) is 3. The molecule has 2 aromatic rings. The van der Waals surface area contributed by atoms with Gasteiger partial charge < -0.3 is 10.6 Å². The molecule has 1 aromatic carbocycles. The molecule has 0 spiro atoms. The highest BCUT2D eigenvalue weighted by Crippen LogP contribution is 2.16. The SMILES string of the molecule is NC1CCCN(C(=O)c2ccn(-c3cccc(Br)c3)n2)C1. The number of nitrogens with two attached hydrogens (primary N) is 1. The Morgan fingerprint density at radius 2 is 2.24 bits per heavy atom. The summed E-state index contributed by atoms with van der Waals surface area (Å²) in [6.07, 6.45) is 3.74. The van der Waals surface area contributed by atoms with Gasteiger partial charge in [-0.1, -0.05) is 22.0 Å². The smallest absolute Gasteiger partial charge is 0.274 e. The standard InChI is InChI=1S/C15H17BrN4O/c16-11-3-1-5-13(9-11)20-8-6-14(18-20)15(21)19-7-2-4-12(17)10-19/h1,3,5-6,8-9,12H,2,4,7,10,17H2. The maximum absolute atomic E-state index is 12.4. The van der Waals surface area contributed by atoms with Crippen molar-refractivity contribution >= 4 is 21.8 Å². The third kappa shape index (κ3) is 3.16. The van der Waals surface area contributed by atoms with Crippen LogP contribution in [0.3, 0.4) is 0 Å². The van der Waals surface area contributed by atoms with Crippen LogP contribution in [0.5, 0.6) is 0 Å². The van der Waals surface area contributed by atoms with E-state index in [1.165, 1.54) is 0 Å². The number of aromatic nitrogens is 2. The summed E-state index contributed by atoms with van der Waals surface area (Å²) >= 11 is 3.43. The zero-order valence-electron chi connectivity index (χ0n) is 11.6. The second kappa shape index (κ2) is 5.99. The fourth-order valence-electron chi connectivity index (χ4n) is 2.56. The molecule has 1 aliphatic heterocycles. The zero-order chi connectivity index (χ0) is 14.8. The van der Waals surface area contributed by atoms with Crippen LogP contribution in [0.1, 0.15) is 23.3 Å². The molecule has 2 N–H and O–H groups in total. The lowest BCUT2D eigenvalue weighted by Gasteiger charge is -2.30. The van der Waals surface area contributed by atoms with Crippen molar-refractivity contribution < 1.29 is 4.79 Å². The molecule has 6 heteroatoms. The predicted molar refractivity (Wildman–Crippen MR) is 84.4 cm³/mol. The summed E-state index contributed by atoms with van der Waals surface area (Å²) < 4.78 is 2.69. The zero-order valence-corrected chi connectivity index (χ0v) is 13.2. The minimum absolute atomic E-state index is 0.0427. The monoisotopic (exact) mass is 348 g/mol. The first-order chi connectivity index (χ1) is 10.1. The lowest BCUT2D eigenvalue weighted by molar-refractivity contribution is 0.0702. The van der Waals surface area contributed by atoms with Crippen LogP contribution in [0.15, 0.2) is 41.0 Å². The molecular formula is C15H17BrN4O. The van der Waals surface area contributed by atoms with Crippen LogP contribution >= 0.6 is 15.9 Å². The molecular weight excluding hydrogens is 332 g/mol. The van der Waals surface area contributed by atoms with Crippen molar-refractivity contribution in [3.8, 4) is 5.69 Å². The molecule has 1 aromatic heterocycles. The fourth-order valence-corrected chi connectivity index (χ4v) is 2.94. The van der Waals surface area contributed by atoms with Crippen LogP contribution in [0.25, 0.3) is 5.69 Å². The first-order valence-electron chi connectivity index (χ1n) is 7.00. The topological polar surface area (TPSA) is 64.2 Å². The Labute approximate surface area is 131 Å². The van der Waals surface area contributed by atoms with Gasteiger partial charge in [-0.15, -0.1) is 0 Å². The van der Waals surface area contributed by atoms with Crippen molar-refractivity contribution in [3.63, 3.8) is 0 Å². The number of carbonyl (C=O) groups excluding carboxylic acids is 1. The van der Waals surface area contributed by atoms with Gasteiger partial charge in [0.05, 0.1) is 5.69 Å². The third-order valence-corrected chi connectivity index (χ3v) is 4.12. The second-order valence-electron chi connectivity index (χ2n) is 5.28. The lowest BCUT2D eigenvalue weighted by atomic mass is 10.1. The van der Waals surface area contributed by atoms with E-state index in [4.69, 9.17) is 5.73 Å². The molecule has 1 unspecified atom stereocenters. The van der Waals surface area contributed by atoms with Gasteiger partial charge >= 0.3 is 0 Å². The Balaban J connectivity index is 1.80. The first-order valence-corrected chi connectivity index (χ1v) is 7.79. The molecule has 1 atom stereocenters. The Bertz CT molecular complexity index is 655. The Morgan fingerprint density at radius 3 is 3.00 bits per heavy atom. The molecule has 110 valence electrons. The number of hydrogen-bond acceptors (Lipinski definition) is 3. The van der Waals surface area contributed by atoms with E-state index in [2.05, 4.69) is 21.0 Å². The molecule has 2 heterocycles. The van der Waals surface area contributed by atoms with Crippen molar-refractivity contribution in [1.82, 2.24) is 14.7 Å². The molecule has 1 saturated heterocycles. The van der Waals surface area contributed by atoms with E-state index in [1.807, 2.05) is 24.3 Å². The van der Waals surface area contributed by atoms with E-state index in [-0.39, 0.29) is 11.9 Å². The van der Waals surface area contributed by atoms with Gasteiger partial charge in [0.25, 0.3) is 5.91 Å². The summed E-state index contributed by atoms with van der Waals surface area (Å²) in [6, 6.07) is 9.62. The van der Waals surface area contributed by atoms with Crippen LogP contribution in [0, 0.1) is 0 Å². The van der Waals surface area contributed by atoms with Crippen molar-refractivity contribution in [1.29, 1.82) is 0 Å². The van der Waals surface area contributed by atoms with Gasteiger partial charge in [-0.05, 0) is 37.1 Å². The molecule has 21 heavy (non-hydrogen) atoms. The van der Waals surface area contributed by atoms with E-state index in [1.54, 1.807) is 21.8 Å². The normalized spacial score (nSPS) is 18.8.